The summed E-state index contributed by atoms with van der Waals surface area (Å²) in [5, 5.41) is 12.2. The third kappa shape index (κ3) is 3.77. The second-order valence-electron chi connectivity index (χ2n) is 3.99. The van der Waals surface area contributed by atoms with Gasteiger partial charge in [0.05, 0.1) is 5.75 Å². The highest BCUT2D eigenvalue weighted by atomic mass is 32.2. The zero-order valence-corrected chi connectivity index (χ0v) is 10.3. The van der Waals surface area contributed by atoms with Crippen LogP contribution in [0.1, 0.15) is 10.9 Å². The molecule has 0 saturated carbocycles. The van der Waals surface area contributed by atoms with Gasteiger partial charge in [-0.3, -0.25) is 0 Å². The van der Waals surface area contributed by atoms with Crippen molar-refractivity contribution >= 4 is 17.7 Å². The Bertz CT molecular complexity index is 463. The molecule has 0 radical (unpaired) electrons. The summed E-state index contributed by atoms with van der Waals surface area (Å²) in [5.41, 5.74) is 0.739. The maximum Gasteiger partial charge on any atom is 0.573 e. The number of hydrogen-bond acceptors (Lipinski definition) is 4. The monoisotopic (exact) mass is 293 g/mol. The molecule has 1 heterocycles. The van der Waals surface area contributed by atoms with Gasteiger partial charge in [-0.05, 0) is 24.3 Å². The number of nitrogens with two attached hydrogens (primary N) is 1. The standard InChI is InChI=1S/C11H10F3NO3S/c12-11(13,14)18-7-3-1-6(2-4-7)9-15-8(5-19-9)10(16)17/h1-4,8-9,15H,5H2,(H,16,17)/t8-,9-/m0/s1. The van der Waals surface area contributed by atoms with Crippen molar-refractivity contribution in [3.8, 4) is 5.75 Å². The van der Waals surface area contributed by atoms with Gasteiger partial charge in [-0.25, -0.2) is 0 Å². The highest BCUT2D eigenvalue weighted by Crippen LogP contribution is 2.29. The van der Waals surface area contributed by atoms with E-state index >= 15 is 0 Å². The number of hydrogen-bond donors (Lipinski definition) is 1. The fraction of sp³-hybridized carbons (Fsp3) is 0.364. The first kappa shape index (κ1) is 14.0. The first-order valence-electron chi connectivity index (χ1n) is 5.38. The van der Waals surface area contributed by atoms with E-state index in [1.54, 1.807) is 5.32 Å². The molecule has 19 heavy (non-hydrogen) atoms. The van der Waals surface area contributed by atoms with Gasteiger partial charge >= 0.3 is 6.36 Å². The van der Waals surface area contributed by atoms with E-state index in [1.165, 1.54) is 36.0 Å². The Morgan fingerprint density at radius 2 is 2.00 bits per heavy atom. The Morgan fingerprint density at radius 1 is 1.37 bits per heavy atom. The molecule has 4 nitrogen and oxygen atoms in total. The summed E-state index contributed by atoms with van der Waals surface area (Å²) < 4.78 is 39.7. The molecule has 1 aliphatic heterocycles. The molecule has 0 spiro atoms. The molecule has 1 aliphatic rings. The van der Waals surface area contributed by atoms with Crippen LogP contribution in [-0.2, 0) is 4.79 Å². The molecule has 0 aliphatic carbocycles. The summed E-state index contributed by atoms with van der Waals surface area (Å²) in [6, 6.07) is 4.79. The number of carboxylic acid groups (broad SMARTS) is 1. The Morgan fingerprint density at radius 3 is 2.47 bits per heavy atom. The van der Waals surface area contributed by atoms with E-state index in [4.69, 9.17) is 0 Å². The number of quaternary nitrogens is 1. The van der Waals surface area contributed by atoms with Crippen LogP contribution in [0.25, 0.3) is 0 Å². The minimum absolute atomic E-state index is 0.150. The van der Waals surface area contributed by atoms with Crippen molar-refractivity contribution in [2.24, 2.45) is 0 Å². The van der Waals surface area contributed by atoms with E-state index in [2.05, 4.69) is 4.74 Å². The van der Waals surface area contributed by atoms with E-state index in [-0.39, 0.29) is 11.1 Å². The molecule has 0 unspecified atom stereocenters. The smallest absolute Gasteiger partial charge is 0.544 e. The summed E-state index contributed by atoms with van der Waals surface area (Å²) in [4.78, 5) is 10.7. The van der Waals surface area contributed by atoms with E-state index in [0.29, 0.717) is 5.75 Å². The Hall–Kier alpha value is -1.41. The molecular formula is C11H10F3NO3S. The fourth-order valence-electron chi connectivity index (χ4n) is 1.74. The van der Waals surface area contributed by atoms with Crippen LogP contribution in [0.15, 0.2) is 24.3 Å². The molecule has 1 aromatic rings. The van der Waals surface area contributed by atoms with Gasteiger partial charge in [-0.1, -0.05) is 11.8 Å². The van der Waals surface area contributed by atoms with Crippen LogP contribution < -0.4 is 15.2 Å². The molecule has 2 atom stereocenters. The largest absolute Gasteiger partial charge is 0.573 e. The van der Waals surface area contributed by atoms with Crippen molar-refractivity contribution < 1.29 is 33.1 Å². The van der Waals surface area contributed by atoms with E-state index in [0.717, 1.165) is 5.56 Å². The van der Waals surface area contributed by atoms with Crippen molar-refractivity contribution in [1.29, 1.82) is 0 Å². The summed E-state index contributed by atoms with van der Waals surface area (Å²) >= 11 is 1.41. The number of benzene rings is 1. The maximum atomic E-state index is 12.0. The number of thioether (sulfide) groups is 1. The van der Waals surface area contributed by atoms with Crippen molar-refractivity contribution in [1.82, 2.24) is 0 Å². The van der Waals surface area contributed by atoms with Crippen molar-refractivity contribution in [2.45, 2.75) is 17.8 Å². The van der Waals surface area contributed by atoms with Crippen LogP contribution >= 0.6 is 11.8 Å². The van der Waals surface area contributed by atoms with Crippen molar-refractivity contribution in [2.75, 3.05) is 5.75 Å². The van der Waals surface area contributed by atoms with Gasteiger partial charge in [0, 0.05) is 5.56 Å². The number of aliphatic carboxylic acids is 1. The lowest BCUT2D eigenvalue weighted by Crippen LogP contribution is -2.90. The average Bonchev–Trinajstić information content (AvgIpc) is 2.77. The minimum Gasteiger partial charge on any atom is -0.544 e. The Kier molecular flexibility index (Phi) is 3.91. The van der Waals surface area contributed by atoms with E-state index < -0.39 is 18.4 Å². The van der Waals surface area contributed by atoms with Crippen molar-refractivity contribution in [3.63, 3.8) is 0 Å². The van der Waals surface area contributed by atoms with Crippen LogP contribution in [0.3, 0.4) is 0 Å². The Balaban J connectivity index is 2.01. The van der Waals surface area contributed by atoms with Crippen LogP contribution in [-0.4, -0.2) is 24.1 Å². The second kappa shape index (κ2) is 5.30. The number of alkyl halides is 3. The van der Waals surface area contributed by atoms with Gasteiger partial charge in [0.1, 0.15) is 17.8 Å². The normalized spacial score (nSPS) is 23.3. The molecule has 8 heteroatoms. The third-order valence-corrected chi connectivity index (χ3v) is 3.95. The van der Waals surface area contributed by atoms with E-state index in [1.807, 2.05) is 0 Å². The highest BCUT2D eigenvalue weighted by molar-refractivity contribution is 7.99. The van der Waals surface area contributed by atoms with Crippen LogP contribution in [0.4, 0.5) is 13.2 Å². The summed E-state index contributed by atoms with van der Waals surface area (Å²) in [7, 11) is 0. The molecule has 1 fully saturated rings. The lowest BCUT2D eigenvalue weighted by molar-refractivity contribution is -0.690. The lowest BCUT2D eigenvalue weighted by Gasteiger charge is -2.12. The predicted molar refractivity (Wildman–Crippen MR) is 59.0 cm³/mol. The van der Waals surface area contributed by atoms with Crippen LogP contribution in [0.5, 0.6) is 5.75 Å². The molecule has 1 saturated heterocycles. The highest BCUT2D eigenvalue weighted by Gasteiger charge is 2.32. The number of carbonyl (C=O) groups excluding carboxylic acids is 1. The van der Waals surface area contributed by atoms with Crippen molar-refractivity contribution in [3.05, 3.63) is 29.8 Å². The van der Waals surface area contributed by atoms with Gasteiger partial charge in [0.25, 0.3) is 0 Å². The SMILES string of the molecule is O=C([O-])[C@@H]1CS[C@@H](c2ccc(OC(F)(F)F)cc2)[NH2+]1. The predicted octanol–water partition coefficient (Wildman–Crippen LogP) is 0.0125. The van der Waals surface area contributed by atoms with Gasteiger partial charge in [0.2, 0.25) is 0 Å². The molecular weight excluding hydrogens is 283 g/mol. The summed E-state index contributed by atoms with van der Waals surface area (Å²) in [6.45, 7) is 0. The second-order valence-corrected chi connectivity index (χ2v) is 5.16. The number of halogens is 3. The Labute approximate surface area is 110 Å². The molecule has 0 aromatic heterocycles. The lowest BCUT2D eigenvalue weighted by atomic mass is 10.2. The molecule has 2 N–H and O–H groups in total. The molecule has 2 rings (SSSR count). The topological polar surface area (TPSA) is 66.0 Å². The van der Waals surface area contributed by atoms with Crippen LogP contribution in [0, 0.1) is 0 Å². The first-order valence-corrected chi connectivity index (χ1v) is 6.43. The number of ether oxygens (including phenoxy) is 1. The van der Waals surface area contributed by atoms with Crippen LogP contribution in [0.2, 0.25) is 0 Å². The van der Waals surface area contributed by atoms with Gasteiger partial charge in [0.15, 0.2) is 5.37 Å². The summed E-state index contributed by atoms with van der Waals surface area (Å²) in [6.07, 6.45) is -4.71. The fourth-order valence-corrected chi connectivity index (χ4v) is 3.05. The van der Waals surface area contributed by atoms with Gasteiger partial charge < -0.3 is 20.0 Å². The third-order valence-electron chi connectivity index (χ3n) is 2.61. The average molecular weight is 293 g/mol. The van der Waals surface area contributed by atoms with Gasteiger partial charge in [-0.15, -0.1) is 13.2 Å². The number of carboxylic acids is 1. The molecule has 0 amide bonds. The number of carbonyl (C=O) groups is 1. The molecule has 0 bridgehead atoms. The van der Waals surface area contributed by atoms with E-state index in [9.17, 15) is 23.1 Å². The molecule has 1 aromatic carbocycles. The minimum atomic E-state index is -4.71. The zero-order valence-electron chi connectivity index (χ0n) is 9.52. The van der Waals surface area contributed by atoms with Gasteiger partial charge in [-0.2, -0.15) is 0 Å². The first-order chi connectivity index (χ1) is 8.85. The number of rotatable bonds is 3. The molecule has 104 valence electrons. The quantitative estimate of drug-likeness (QED) is 0.853. The maximum absolute atomic E-state index is 12.0. The zero-order chi connectivity index (χ0) is 14.0. The summed E-state index contributed by atoms with van der Waals surface area (Å²) in [5.74, 6) is -1.02.